The van der Waals surface area contributed by atoms with Crippen LogP contribution in [0.3, 0.4) is 0 Å². The van der Waals surface area contributed by atoms with Crippen molar-refractivity contribution in [2.75, 3.05) is 4.90 Å². The lowest BCUT2D eigenvalue weighted by Gasteiger charge is -2.43. The molecule has 1 aromatic carbocycles. The number of aryl methyl sites for hydroxylation is 1. The first kappa shape index (κ1) is 23.0. The van der Waals surface area contributed by atoms with Crippen molar-refractivity contribution in [3.63, 3.8) is 0 Å². The third kappa shape index (κ3) is 3.79. The molecule has 0 fully saturated rings. The lowest BCUT2D eigenvalue weighted by molar-refractivity contribution is -0.118. The van der Waals surface area contributed by atoms with Crippen molar-refractivity contribution in [3.05, 3.63) is 72.0 Å². The van der Waals surface area contributed by atoms with Crippen LogP contribution in [0.15, 0.2) is 51.4 Å². The summed E-state index contributed by atoms with van der Waals surface area (Å²) in [4.78, 5) is 17.3. The van der Waals surface area contributed by atoms with Gasteiger partial charge in [-0.15, -0.1) is 11.3 Å². The molecule has 1 aliphatic heterocycles. The third-order valence-corrected chi connectivity index (χ3v) is 8.53. The number of nitrogens with zero attached hydrogens (tertiary/aromatic N) is 2. The molecular weight excluding hydrogens is 513 g/mol. The van der Waals surface area contributed by atoms with Crippen molar-refractivity contribution >= 4 is 50.3 Å². The number of nitrogens with two attached hydrogens (primary N) is 1. The highest BCUT2D eigenvalue weighted by atomic mass is 79.9. The first-order valence-corrected chi connectivity index (χ1v) is 12.3. The van der Waals surface area contributed by atoms with E-state index in [1.54, 1.807) is 22.3 Å². The molecule has 2 heterocycles. The predicted octanol–water partition coefficient (Wildman–Crippen LogP) is 6.81. The Balaban J connectivity index is 2.00. The molecule has 1 atom stereocenters. The molecule has 32 heavy (non-hydrogen) atoms. The van der Waals surface area contributed by atoms with Gasteiger partial charge in [0.05, 0.1) is 22.6 Å². The van der Waals surface area contributed by atoms with Gasteiger partial charge in [-0.3, -0.25) is 9.69 Å². The van der Waals surface area contributed by atoms with Gasteiger partial charge in [0, 0.05) is 37.6 Å². The minimum Gasteiger partial charge on any atom is -0.384 e. The molecule has 0 bridgehead atoms. The summed E-state index contributed by atoms with van der Waals surface area (Å²) >= 11 is 11.2. The van der Waals surface area contributed by atoms with Crippen LogP contribution in [-0.2, 0) is 11.2 Å². The van der Waals surface area contributed by atoms with Crippen LogP contribution in [0.1, 0.15) is 49.3 Å². The summed E-state index contributed by atoms with van der Waals surface area (Å²) in [5, 5.41) is 10.1. The van der Waals surface area contributed by atoms with Crippen molar-refractivity contribution in [2.45, 2.75) is 46.0 Å². The van der Waals surface area contributed by atoms with Crippen LogP contribution in [0.2, 0.25) is 5.02 Å². The minimum absolute atomic E-state index is 0.00211. The third-order valence-electron chi connectivity index (χ3n) is 5.92. The number of ketones is 1. The average molecular weight is 535 g/mol. The molecule has 0 radical (unpaired) electrons. The van der Waals surface area contributed by atoms with Crippen molar-refractivity contribution in [1.29, 1.82) is 5.26 Å². The van der Waals surface area contributed by atoms with Gasteiger partial charge in [-0.25, -0.2) is 4.39 Å². The summed E-state index contributed by atoms with van der Waals surface area (Å²) in [6.45, 7) is 6.14. The Morgan fingerprint density at radius 2 is 2.09 bits per heavy atom. The summed E-state index contributed by atoms with van der Waals surface area (Å²) < 4.78 is 14.8. The number of carbonyl (C=O) groups is 1. The number of carbonyl (C=O) groups excluding carboxylic acids is 1. The quantitative estimate of drug-likeness (QED) is 0.470. The van der Waals surface area contributed by atoms with Crippen LogP contribution in [0.5, 0.6) is 0 Å². The maximum atomic E-state index is 13.9. The Hall–Kier alpha value is -2.14. The van der Waals surface area contributed by atoms with Crippen LogP contribution in [0.25, 0.3) is 0 Å². The highest BCUT2D eigenvalue weighted by Gasteiger charge is 2.45. The number of anilines is 1. The van der Waals surface area contributed by atoms with Gasteiger partial charge in [-0.1, -0.05) is 32.4 Å². The fourth-order valence-corrected chi connectivity index (χ4v) is 6.73. The zero-order chi connectivity index (χ0) is 23.4. The second-order valence-corrected chi connectivity index (χ2v) is 11.3. The van der Waals surface area contributed by atoms with Crippen molar-refractivity contribution < 1.29 is 9.18 Å². The zero-order valence-electron chi connectivity index (χ0n) is 17.9. The van der Waals surface area contributed by atoms with Crippen LogP contribution in [0.4, 0.5) is 10.1 Å². The molecule has 2 N–H and O–H groups in total. The second kappa shape index (κ2) is 8.33. The van der Waals surface area contributed by atoms with Crippen molar-refractivity contribution in [2.24, 2.45) is 11.1 Å². The van der Waals surface area contributed by atoms with Crippen LogP contribution >= 0.6 is 38.9 Å². The normalized spacial score (nSPS) is 20.5. The number of allylic oxidation sites excluding steroid dienone is 3. The molecular formula is C24H22BrClFN3OS. The van der Waals surface area contributed by atoms with Gasteiger partial charge in [0.2, 0.25) is 0 Å². The fraction of sp³-hybridized carbons (Fsp3) is 0.333. The summed E-state index contributed by atoms with van der Waals surface area (Å²) in [5.74, 6) is -0.820. The molecule has 0 saturated heterocycles. The molecule has 0 amide bonds. The number of nitriles is 1. The van der Waals surface area contributed by atoms with Gasteiger partial charge in [0.25, 0.3) is 0 Å². The lowest BCUT2D eigenvalue weighted by Crippen LogP contribution is -2.42. The summed E-state index contributed by atoms with van der Waals surface area (Å²) in [5.41, 5.74) is 8.49. The standard InChI is InChI=1S/C24H22BrClFN3OS/c1-4-19-14(25)8-20(32-19)21-13(11-28)23(29)30(12-5-6-16(27)15(26)7-12)17-9-24(2,3)10-18(31)22(17)21/h5-8,21H,4,9-10,29H2,1-3H3. The molecule has 8 heteroatoms. The molecule has 1 aromatic heterocycles. The van der Waals surface area contributed by atoms with E-state index in [9.17, 15) is 14.4 Å². The molecule has 4 nitrogen and oxygen atoms in total. The largest absolute Gasteiger partial charge is 0.384 e. The van der Waals surface area contributed by atoms with Crippen molar-refractivity contribution in [1.82, 2.24) is 0 Å². The van der Waals surface area contributed by atoms with Crippen LogP contribution in [-0.4, -0.2) is 5.78 Å². The number of hydrogen-bond donors (Lipinski definition) is 1. The number of thiophene rings is 1. The Morgan fingerprint density at radius 1 is 1.38 bits per heavy atom. The number of halogens is 3. The Labute approximate surface area is 204 Å². The molecule has 0 spiro atoms. The zero-order valence-corrected chi connectivity index (χ0v) is 21.1. The molecule has 2 aliphatic rings. The van der Waals surface area contributed by atoms with E-state index in [-0.39, 0.29) is 22.0 Å². The monoisotopic (exact) mass is 533 g/mol. The number of benzene rings is 1. The maximum Gasteiger partial charge on any atom is 0.162 e. The first-order chi connectivity index (χ1) is 15.1. The Kier molecular flexibility index (Phi) is 6.00. The number of hydrogen-bond acceptors (Lipinski definition) is 5. The molecule has 2 aromatic rings. The van der Waals surface area contributed by atoms with Crippen LogP contribution < -0.4 is 10.6 Å². The van der Waals surface area contributed by atoms with E-state index < -0.39 is 11.7 Å². The van der Waals surface area contributed by atoms with Crippen molar-refractivity contribution in [3.8, 4) is 6.07 Å². The van der Waals surface area contributed by atoms with E-state index in [0.29, 0.717) is 29.7 Å². The van der Waals surface area contributed by atoms with Gasteiger partial charge in [-0.05, 0) is 58.5 Å². The van der Waals surface area contributed by atoms with E-state index in [0.717, 1.165) is 26.3 Å². The van der Waals surface area contributed by atoms with Gasteiger partial charge in [0.15, 0.2) is 5.78 Å². The summed E-state index contributed by atoms with van der Waals surface area (Å²) in [6, 6.07) is 8.56. The minimum atomic E-state index is -0.543. The molecule has 1 unspecified atom stereocenters. The van der Waals surface area contributed by atoms with Gasteiger partial charge < -0.3 is 5.73 Å². The SMILES string of the molecule is CCc1sc(C2C(C#N)=C(N)N(c3ccc(F)c(Cl)c3)C3=C2C(=O)CC(C)(C)C3)cc1Br. The average Bonchev–Trinajstić information content (AvgIpc) is 3.09. The number of rotatable bonds is 3. The van der Waals surface area contributed by atoms with Crippen LogP contribution in [0, 0.1) is 22.6 Å². The fourth-order valence-electron chi connectivity index (χ4n) is 4.52. The van der Waals surface area contributed by atoms with Gasteiger partial charge in [0.1, 0.15) is 11.6 Å². The van der Waals surface area contributed by atoms with E-state index in [4.69, 9.17) is 17.3 Å². The van der Waals surface area contributed by atoms with Gasteiger partial charge in [-0.2, -0.15) is 5.26 Å². The molecule has 4 rings (SSSR count). The summed E-state index contributed by atoms with van der Waals surface area (Å²) in [6.07, 6.45) is 1.81. The van der Waals surface area contributed by atoms with E-state index in [1.807, 2.05) is 19.9 Å². The molecule has 166 valence electrons. The predicted molar refractivity (Wildman–Crippen MR) is 130 cm³/mol. The highest BCUT2D eigenvalue weighted by molar-refractivity contribution is 9.10. The molecule has 1 aliphatic carbocycles. The van der Waals surface area contributed by atoms with Gasteiger partial charge >= 0.3 is 0 Å². The lowest BCUT2D eigenvalue weighted by atomic mass is 9.69. The summed E-state index contributed by atoms with van der Waals surface area (Å²) in [7, 11) is 0. The maximum absolute atomic E-state index is 13.9. The van der Waals surface area contributed by atoms with E-state index in [1.165, 1.54) is 12.1 Å². The first-order valence-electron chi connectivity index (χ1n) is 10.3. The smallest absolute Gasteiger partial charge is 0.162 e. The Bertz CT molecular complexity index is 1240. The van der Waals surface area contributed by atoms with E-state index in [2.05, 4.69) is 28.9 Å². The Morgan fingerprint density at radius 3 is 2.69 bits per heavy atom. The molecule has 0 saturated carbocycles. The van der Waals surface area contributed by atoms with E-state index >= 15 is 0 Å². The topological polar surface area (TPSA) is 70.1 Å². The number of Topliss-reactive ketones (excluding diaryl/α,β-unsaturated/α-hetero) is 1. The highest BCUT2D eigenvalue weighted by Crippen LogP contribution is 2.52. The second-order valence-electron chi connectivity index (χ2n) is 8.85.